The van der Waals surface area contributed by atoms with Gasteiger partial charge >= 0.3 is 0 Å². The van der Waals surface area contributed by atoms with E-state index in [-0.39, 0.29) is 12.0 Å². The number of halogens is 1. The zero-order valence-corrected chi connectivity index (χ0v) is 12.2. The number of carbonyl (C=O) groups excluding carboxylic acids is 1. The molecule has 1 amide bonds. The summed E-state index contributed by atoms with van der Waals surface area (Å²) >= 11 is 2.25. The zero-order valence-electron chi connectivity index (χ0n) is 10.1. The second kappa shape index (κ2) is 5.25. The summed E-state index contributed by atoms with van der Waals surface area (Å²) in [4.78, 5) is 13.9. The van der Waals surface area contributed by atoms with E-state index in [1.165, 1.54) is 0 Å². The Labute approximate surface area is 115 Å². The molecule has 1 unspecified atom stereocenters. The van der Waals surface area contributed by atoms with Gasteiger partial charge < -0.3 is 9.64 Å². The number of rotatable bonds is 3. The van der Waals surface area contributed by atoms with Crippen molar-refractivity contribution in [1.29, 1.82) is 0 Å². The average Bonchev–Trinajstić information content (AvgIpc) is 2.30. The summed E-state index contributed by atoms with van der Waals surface area (Å²) in [6, 6.07) is 5.96. The third-order valence-corrected chi connectivity index (χ3v) is 3.54. The van der Waals surface area contributed by atoms with Gasteiger partial charge in [-0.05, 0) is 54.1 Å². The average molecular weight is 345 g/mol. The van der Waals surface area contributed by atoms with E-state index < -0.39 is 0 Å². The second-order valence-electron chi connectivity index (χ2n) is 4.22. The van der Waals surface area contributed by atoms with Crippen LogP contribution in [-0.4, -0.2) is 18.6 Å². The standard InChI is InChI=1S/C13H16INO2/c1-3-4-7-15-11-6-5-10(14)8-12(11)17-9(2)13(15)16/h5-6,8-9H,3-4,7H2,1-2H3. The van der Waals surface area contributed by atoms with Crippen molar-refractivity contribution < 1.29 is 9.53 Å². The Kier molecular flexibility index (Phi) is 3.91. The molecule has 1 aliphatic heterocycles. The van der Waals surface area contributed by atoms with Crippen LogP contribution in [0.1, 0.15) is 26.7 Å². The van der Waals surface area contributed by atoms with Crippen molar-refractivity contribution >= 4 is 34.2 Å². The minimum absolute atomic E-state index is 0.0622. The molecule has 0 saturated carbocycles. The predicted molar refractivity (Wildman–Crippen MR) is 76.5 cm³/mol. The third-order valence-electron chi connectivity index (χ3n) is 2.87. The van der Waals surface area contributed by atoms with E-state index in [4.69, 9.17) is 4.74 Å². The second-order valence-corrected chi connectivity index (χ2v) is 5.46. The smallest absolute Gasteiger partial charge is 0.267 e. The first-order chi connectivity index (χ1) is 8.13. The van der Waals surface area contributed by atoms with E-state index in [0.29, 0.717) is 0 Å². The quantitative estimate of drug-likeness (QED) is 0.788. The third kappa shape index (κ3) is 2.56. The number of carbonyl (C=O) groups is 1. The van der Waals surface area contributed by atoms with Gasteiger partial charge in [-0.3, -0.25) is 4.79 Å². The van der Waals surface area contributed by atoms with Gasteiger partial charge in [0.25, 0.3) is 5.91 Å². The van der Waals surface area contributed by atoms with Crippen LogP contribution < -0.4 is 9.64 Å². The van der Waals surface area contributed by atoms with Gasteiger partial charge in [0, 0.05) is 10.1 Å². The van der Waals surface area contributed by atoms with Crippen LogP contribution in [0.2, 0.25) is 0 Å². The first kappa shape index (κ1) is 12.7. The summed E-state index contributed by atoms with van der Waals surface area (Å²) in [6.45, 7) is 4.71. The maximum absolute atomic E-state index is 12.1. The van der Waals surface area contributed by atoms with E-state index in [0.717, 1.165) is 34.4 Å². The van der Waals surface area contributed by atoms with Crippen LogP contribution in [0.15, 0.2) is 18.2 Å². The van der Waals surface area contributed by atoms with Crippen LogP contribution in [-0.2, 0) is 4.79 Å². The molecule has 92 valence electrons. The fraction of sp³-hybridized carbons (Fsp3) is 0.462. The molecule has 1 aromatic rings. The Hall–Kier alpha value is -0.780. The SMILES string of the molecule is CCCCN1C(=O)C(C)Oc2cc(I)ccc21. The van der Waals surface area contributed by atoms with Gasteiger partial charge in [0.2, 0.25) is 0 Å². The van der Waals surface area contributed by atoms with Crippen LogP contribution in [0.3, 0.4) is 0 Å². The van der Waals surface area contributed by atoms with Crippen molar-refractivity contribution in [2.24, 2.45) is 0 Å². The Bertz CT molecular complexity index is 433. The van der Waals surface area contributed by atoms with Gasteiger partial charge in [0.15, 0.2) is 6.10 Å². The van der Waals surface area contributed by atoms with Gasteiger partial charge in [-0.15, -0.1) is 0 Å². The molecule has 1 heterocycles. The number of benzene rings is 1. The molecule has 0 saturated heterocycles. The molecule has 0 aliphatic carbocycles. The van der Waals surface area contributed by atoms with E-state index in [2.05, 4.69) is 29.5 Å². The van der Waals surface area contributed by atoms with Crippen molar-refractivity contribution in [2.45, 2.75) is 32.8 Å². The molecule has 17 heavy (non-hydrogen) atoms. The maximum atomic E-state index is 12.1. The number of hydrogen-bond donors (Lipinski definition) is 0. The monoisotopic (exact) mass is 345 g/mol. The van der Waals surface area contributed by atoms with Crippen LogP contribution in [0.5, 0.6) is 5.75 Å². The zero-order chi connectivity index (χ0) is 12.4. The predicted octanol–water partition coefficient (Wildman–Crippen LogP) is 3.21. The fourth-order valence-electron chi connectivity index (χ4n) is 1.93. The molecule has 1 aliphatic rings. The van der Waals surface area contributed by atoms with Crippen molar-refractivity contribution in [3.05, 3.63) is 21.8 Å². The highest BCUT2D eigenvalue weighted by Gasteiger charge is 2.30. The first-order valence-electron chi connectivity index (χ1n) is 5.91. The molecule has 4 heteroatoms. The van der Waals surface area contributed by atoms with Crippen molar-refractivity contribution in [3.63, 3.8) is 0 Å². The first-order valence-corrected chi connectivity index (χ1v) is 6.99. The number of anilines is 1. The highest BCUT2D eigenvalue weighted by Crippen LogP contribution is 2.35. The lowest BCUT2D eigenvalue weighted by Crippen LogP contribution is -2.44. The maximum Gasteiger partial charge on any atom is 0.267 e. The molecule has 1 atom stereocenters. The molecular weight excluding hydrogens is 329 g/mol. The van der Waals surface area contributed by atoms with Crippen molar-refractivity contribution in [1.82, 2.24) is 0 Å². The van der Waals surface area contributed by atoms with Crippen molar-refractivity contribution in [2.75, 3.05) is 11.4 Å². The lowest BCUT2D eigenvalue weighted by atomic mass is 10.1. The Balaban J connectivity index is 2.34. The van der Waals surface area contributed by atoms with Crippen LogP contribution in [0.25, 0.3) is 0 Å². The molecule has 3 nitrogen and oxygen atoms in total. The number of nitrogens with zero attached hydrogens (tertiary/aromatic N) is 1. The van der Waals surface area contributed by atoms with Gasteiger partial charge in [-0.1, -0.05) is 13.3 Å². The van der Waals surface area contributed by atoms with Crippen molar-refractivity contribution in [3.8, 4) is 5.75 Å². The Morgan fingerprint density at radius 1 is 1.47 bits per heavy atom. The molecule has 0 fully saturated rings. The molecular formula is C13H16INO2. The van der Waals surface area contributed by atoms with Crippen LogP contribution in [0.4, 0.5) is 5.69 Å². The molecule has 0 bridgehead atoms. The molecule has 0 N–H and O–H groups in total. The van der Waals surface area contributed by atoms with Gasteiger partial charge in [0.05, 0.1) is 5.69 Å². The normalized spacial score (nSPS) is 18.9. The highest BCUT2D eigenvalue weighted by atomic mass is 127. The van der Waals surface area contributed by atoms with E-state index in [9.17, 15) is 4.79 Å². The minimum atomic E-state index is -0.377. The molecule has 1 aromatic carbocycles. The van der Waals surface area contributed by atoms with Crippen LogP contribution >= 0.6 is 22.6 Å². The summed E-state index contributed by atoms with van der Waals surface area (Å²) in [5.41, 5.74) is 0.905. The number of unbranched alkanes of at least 4 members (excludes halogenated alkanes) is 1. The summed E-state index contributed by atoms with van der Waals surface area (Å²) < 4.78 is 6.76. The number of hydrogen-bond acceptors (Lipinski definition) is 2. The number of amides is 1. The van der Waals surface area contributed by atoms with Crippen LogP contribution in [0, 0.1) is 3.57 Å². The lowest BCUT2D eigenvalue weighted by Gasteiger charge is -2.33. The topological polar surface area (TPSA) is 29.5 Å². The van der Waals surface area contributed by atoms with E-state index in [1.54, 1.807) is 0 Å². The summed E-state index contributed by atoms with van der Waals surface area (Å²) in [7, 11) is 0. The molecule has 0 aromatic heterocycles. The summed E-state index contributed by atoms with van der Waals surface area (Å²) in [6.07, 6.45) is 1.72. The molecule has 0 spiro atoms. The van der Waals surface area contributed by atoms with Gasteiger partial charge in [-0.2, -0.15) is 0 Å². The minimum Gasteiger partial charge on any atom is -0.479 e. The van der Waals surface area contributed by atoms with E-state index >= 15 is 0 Å². The summed E-state index contributed by atoms with van der Waals surface area (Å²) in [5, 5.41) is 0. The van der Waals surface area contributed by atoms with Gasteiger partial charge in [-0.25, -0.2) is 0 Å². The molecule has 0 radical (unpaired) electrons. The number of fused-ring (bicyclic) bond motifs is 1. The Morgan fingerprint density at radius 3 is 2.94 bits per heavy atom. The van der Waals surface area contributed by atoms with Gasteiger partial charge in [0.1, 0.15) is 5.75 Å². The fourth-order valence-corrected chi connectivity index (χ4v) is 2.39. The lowest BCUT2D eigenvalue weighted by molar-refractivity contribution is -0.125. The number of ether oxygens (including phenoxy) is 1. The molecule has 2 rings (SSSR count). The largest absolute Gasteiger partial charge is 0.479 e. The highest BCUT2D eigenvalue weighted by molar-refractivity contribution is 14.1. The Morgan fingerprint density at radius 2 is 2.24 bits per heavy atom. The summed E-state index contributed by atoms with van der Waals surface area (Å²) in [5.74, 6) is 0.882. The van der Waals surface area contributed by atoms with E-state index in [1.807, 2.05) is 30.0 Å².